The van der Waals surface area contributed by atoms with Crippen LogP contribution in [0.5, 0.6) is 0 Å². The van der Waals surface area contributed by atoms with Gasteiger partial charge in [0.05, 0.1) is 0 Å². The summed E-state index contributed by atoms with van der Waals surface area (Å²) < 4.78 is 0. The molecule has 45 valence electrons. The van der Waals surface area contributed by atoms with Crippen LogP contribution in [0, 0.1) is 6.08 Å². The van der Waals surface area contributed by atoms with Crippen LogP contribution in [0.1, 0.15) is 26.2 Å². The molecule has 0 aliphatic heterocycles. The van der Waals surface area contributed by atoms with Crippen molar-refractivity contribution in [3.63, 3.8) is 0 Å². The predicted octanol–water partition coefficient (Wildman–Crippen LogP) is 2.72. The molecule has 0 atom stereocenters. The number of hydrogen-bond donors (Lipinski definition) is 0. The van der Waals surface area contributed by atoms with Gasteiger partial charge in [0.25, 0.3) is 0 Å². The zero-order chi connectivity index (χ0) is 6.24. The van der Waals surface area contributed by atoms with Gasteiger partial charge < -0.3 is 0 Å². The standard InChI is InChI=1S/C8H13/c1-3-5-7-8-6-4-2/h7-8H,1,4-6H2,2H3. The van der Waals surface area contributed by atoms with Gasteiger partial charge in [-0.3, -0.25) is 0 Å². The third-order valence-electron chi connectivity index (χ3n) is 0.884. The van der Waals surface area contributed by atoms with Gasteiger partial charge in [0.1, 0.15) is 0 Å². The molecule has 0 aromatic rings. The van der Waals surface area contributed by atoms with E-state index >= 15 is 0 Å². The third-order valence-corrected chi connectivity index (χ3v) is 0.884. The van der Waals surface area contributed by atoms with Crippen molar-refractivity contribution >= 4 is 0 Å². The molecule has 0 spiro atoms. The smallest absolute Gasteiger partial charge is 0.0101 e. The SMILES string of the molecule is C=[C]CC=CCCC. The number of allylic oxidation sites excluding steroid dienone is 3. The average Bonchev–Trinajstić information content (AvgIpc) is 1.81. The van der Waals surface area contributed by atoms with Crippen molar-refractivity contribution in [2.24, 2.45) is 0 Å². The number of unbranched alkanes of at least 4 members (excludes halogenated alkanes) is 1. The Balaban J connectivity index is 2.94. The van der Waals surface area contributed by atoms with Gasteiger partial charge in [-0.15, -0.1) is 0 Å². The molecule has 0 rings (SSSR count). The maximum atomic E-state index is 3.48. The maximum absolute atomic E-state index is 3.48. The molecule has 8 heavy (non-hydrogen) atoms. The Morgan fingerprint density at radius 1 is 1.50 bits per heavy atom. The van der Waals surface area contributed by atoms with Crippen LogP contribution >= 0.6 is 0 Å². The van der Waals surface area contributed by atoms with Gasteiger partial charge in [-0.2, -0.15) is 0 Å². The van der Waals surface area contributed by atoms with E-state index in [-0.39, 0.29) is 0 Å². The Morgan fingerprint density at radius 3 is 2.75 bits per heavy atom. The molecule has 0 fully saturated rings. The van der Waals surface area contributed by atoms with Gasteiger partial charge in [0, 0.05) is 0 Å². The molecule has 0 aromatic heterocycles. The second kappa shape index (κ2) is 6.48. The van der Waals surface area contributed by atoms with E-state index in [1.165, 1.54) is 12.8 Å². The van der Waals surface area contributed by atoms with Crippen LogP contribution in [-0.4, -0.2) is 0 Å². The lowest BCUT2D eigenvalue weighted by Gasteiger charge is -1.80. The van der Waals surface area contributed by atoms with E-state index in [1.807, 2.05) is 0 Å². The molecule has 0 aliphatic rings. The third kappa shape index (κ3) is 5.48. The average molecular weight is 109 g/mol. The molecule has 0 amide bonds. The van der Waals surface area contributed by atoms with Crippen molar-refractivity contribution in [1.29, 1.82) is 0 Å². The number of rotatable bonds is 4. The lowest BCUT2D eigenvalue weighted by atomic mass is 10.3. The highest BCUT2D eigenvalue weighted by molar-refractivity contribution is 4.84. The normalized spacial score (nSPS) is 10.1. The molecule has 0 heteroatoms. The zero-order valence-electron chi connectivity index (χ0n) is 5.48. The summed E-state index contributed by atoms with van der Waals surface area (Å²) in [5.74, 6) is 0. The van der Waals surface area contributed by atoms with E-state index in [0.717, 1.165) is 6.42 Å². The molecule has 0 saturated heterocycles. The van der Waals surface area contributed by atoms with Crippen LogP contribution < -0.4 is 0 Å². The summed E-state index contributed by atoms with van der Waals surface area (Å²) >= 11 is 0. The lowest BCUT2D eigenvalue weighted by molar-refractivity contribution is 0.954. The maximum Gasteiger partial charge on any atom is -0.0101 e. The fraction of sp³-hybridized carbons (Fsp3) is 0.500. The minimum absolute atomic E-state index is 0.889. The summed E-state index contributed by atoms with van der Waals surface area (Å²) in [4.78, 5) is 0. The summed E-state index contributed by atoms with van der Waals surface area (Å²) in [6, 6.07) is 0. The van der Waals surface area contributed by atoms with E-state index in [4.69, 9.17) is 0 Å². The van der Waals surface area contributed by atoms with Crippen molar-refractivity contribution < 1.29 is 0 Å². The summed E-state index contributed by atoms with van der Waals surface area (Å²) in [5.41, 5.74) is 0. The highest BCUT2D eigenvalue weighted by Gasteiger charge is 1.69. The first-order chi connectivity index (χ1) is 3.91. The molecule has 0 aliphatic carbocycles. The first-order valence-electron chi connectivity index (χ1n) is 3.06. The molecule has 0 unspecified atom stereocenters. The Kier molecular flexibility index (Phi) is 6.06. The van der Waals surface area contributed by atoms with Crippen LogP contribution in [-0.2, 0) is 0 Å². The first kappa shape index (κ1) is 7.48. The van der Waals surface area contributed by atoms with E-state index in [1.54, 1.807) is 0 Å². The van der Waals surface area contributed by atoms with E-state index in [2.05, 4.69) is 31.7 Å². The van der Waals surface area contributed by atoms with Crippen molar-refractivity contribution in [3.05, 3.63) is 24.8 Å². The highest BCUT2D eigenvalue weighted by Crippen LogP contribution is 1.89. The zero-order valence-corrected chi connectivity index (χ0v) is 5.48. The van der Waals surface area contributed by atoms with Crippen LogP contribution in [0.3, 0.4) is 0 Å². The molecular formula is C8H13. The van der Waals surface area contributed by atoms with E-state index < -0.39 is 0 Å². The van der Waals surface area contributed by atoms with Gasteiger partial charge in [-0.05, 0) is 18.9 Å². The summed E-state index contributed by atoms with van der Waals surface area (Å²) in [6.07, 6.45) is 10.3. The molecule has 0 heterocycles. The minimum atomic E-state index is 0.889. The van der Waals surface area contributed by atoms with Gasteiger partial charge in [-0.1, -0.05) is 32.1 Å². The second-order valence-corrected chi connectivity index (χ2v) is 1.71. The van der Waals surface area contributed by atoms with Gasteiger partial charge >= 0.3 is 0 Å². The molecule has 0 saturated carbocycles. The first-order valence-corrected chi connectivity index (χ1v) is 3.06. The Morgan fingerprint density at radius 2 is 2.25 bits per heavy atom. The lowest BCUT2D eigenvalue weighted by Crippen LogP contribution is -1.60. The van der Waals surface area contributed by atoms with Crippen molar-refractivity contribution in [3.8, 4) is 0 Å². The van der Waals surface area contributed by atoms with Crippen molar-refractivity contribution in [2.75, 3.05) is 0 Å². The molecule has 0 bridgehead atoms. The quantitative estimate of drug-likeness (QED) is 0.487. The molecule has 0 N–H and O–H groups in total. The van der Waals surface area contributed by atoms with Gasteiger partial charge in [0.2, 0.25) is 0 Å². The number of hydrogen-bond acceptors (Lipinski definition) is 0. The monoisotopic (exact) mass is 109 g/mol. The largest absolute Gasteiger partial charge is 0.0953 e. The predicted molar refractivity (Wildman–Crippen MR) is 37.5 cm³/mol. The van der Waals surface area contributed by atoms with Crippen molar-refractivity contribution in [1.82, 2.24) is 0 Å². The van der Waals surface area contributed by atoms with Crippen LogP contribution in [0.25, 0.3) is 0 Å². The van der Waals surface area contributed by atoms with Crippen LogP contribution in [0.4, 0.5) is 0 Å². The fourth-order valence-electron chi connectivity index (χ4n) is 0.451. The molecular weight excluding hydrogens is 96.1 g/mol. The Hall–Kier alpha value is -0.520. The van der Waals surface area contributed by atoms with E-state index in [9.17, 15) is 0 Å². The highest BCUT2D eigenvalue weighted by atomic mass is 13.8. The summed E-state index contributed by atoms with van der Waals surface area (Å²) in [5, 5.41) is 0. The fourth-order valence-corrected chi connectivity index (χ4v) is 0.451. The molecule has 0 nitrogen and oxygen atoms in total. The van der Waals surface area contributed by atoms with Crippen molar-refractivity contribution in [2.45, 2.75) is 26.2 Å². The minimum Gasteiger partial charge on any atom is -0.0953 e. The Bertz CT molecular complexity index is 70.1. The summed E-state index contributed by atoms with van der Waals surface area (Å²) in [7, 11) is 0. The topological polar surface area (TPSA) is 0 Å². The van der Waals surface area contributed by atoms with Gasteiger partial charge in [-0.25, -0.2) is 0 Å². The molecule has 0 aromatic carbocycles. The van der Waals surface area contributed by atoms with Crippen LogP contribution in [0.15, 0.2) is 18.7 Å². The van der Waals surface area contributed by atoms with Gasteiger partial charge in [0.15, 0.2) is 0 Å². The summed E-state index contributed by atoms with van der Waals surface area (Å²) in [6.45, 7) is 5.65. The van der Waals surface area contributed by atoms with E-state index in [0.29, 0.717) is 0 Å². The molecule has 1 radical (unpaired) electrons. The Labute approximate surface area is 51.9 Å². The second-order valence-electron chi connectivity index (χ2n) is 1.71. The van der Waals surface area contributed by atoms with Crippen LogP contribution in [0.2, 0.25) is 0 Å².